The van der Waals surface area contributed by atoms with Gasteiger partial charge in [0, 0.05) is 22.7 Å². The number of fused-ring (bicyclic) bond motifs is 1. The Bertz CT molecular complexity index is 1220. The van der Waals surface area contributed by atoms with Gasteiger partial charge in [0.15, 0.2) is 5.96 Å². The van der Waals surface area contributed by atoms with Gasteiger partial charge < -0.3 is 16.0 Å². The van der Waals surface area contributed by atoms with E-state index in [-0.39, 0.29) is 5.96 Å². The van der Waals surface area contributed by atoms with Crippen molar-refractivity contribution in [2.24, 2.45) is 16.5 Å². The van der Waals surface area contributed by atoms with Gasteiger partial charge in [-0.3, -0.25) is 9.78 Å². The number of carbonyl (C=O) groups excluding carboxylic acids is 1. The van der Waals surface area contributed by atoms with Gasteiger partial charge in [-0.15, -0.1) is 0 Å². The largest absolute Gasteiger partial charge is 0.370 e. The van der Waals surface area contributed by atoms with Crippen molar-refractivity contribution in [2.75, 3.05) is 0 Å². The number of para-hydroxylation sites is 1. The predicted octanol–water partition coefficient (Wildman–Crippen LogP) is 2.67. The van der Waals surface area contributed by atoms with Gasteiger partial charge in [-0.05, 0) is 36.8 Å². The predicted molar refractivity (Wildman–Crippen MR) is 105 cm³/mol. The van der Waals surface area contributed by atoms with Gasteiger partial charge in [-0.25, -0.2) is 0 Å². The van der Waals surface area contributed by atoms with E-state index in [1.54, 1.807) is 31.3 Å². The number of aromatic nitrogens is 3. The van der Waals surface area contributed by atoms with E-state index in [0.29, 0.717) is 28.4 Å². The van der Waals surface area contributed by atoms with Crippen LogP contribution >= 0.6 is 0 Å². The zero-order valence-corrected chi connectivity index (χ0v) is 15.0. The Morgan fingerprint density at radius 1 is 1.07 bits per heavy atom. The van der Waals surface area contributed by atoms with Crippen molar-refractivity contribution < 1.29 is 9.32 Å². The van der Waals surface area contributed by atoms with Crippen LogP contribution in [-0.4, -0.2) is 27.0 Å². The normalized spacial score (nSPS) is 10.8. The summed E-state index contributed by atoms with van der Waals surface area (Å²) in [7, 11) is 0. The lowest BCUT2D eigenvalue weighted by Gasteiger charge is -2.03. The molecule has 4 N–H and O–H groups in total. The van der Waals surface area contributed by atoms with Crippen LogP contribution in [0.3, 0.4) is 0 Å². The number of hydrogen-bond acceptors (Lipinski definition) is 5. The maximum atomic E-state index is 12.0. The lowest BCUT2D eigenvalue weighted by Crippen LogP contribution is -2.24. The van der Waals surface area contributed by atoms with Crippen LogP contribution in [0.1, 0.15) is 15.9 Å². The molecule has 0 saturated heterocycles. The molecule has 0 spiro atoms. The summed E-state index contributed by atoms with van der Waals surface area (Å²) in [5.41, 5.74) is 14.0. The first kappa shape index (κ1) is 17.3. The van der Waals surface area contributed by atoms with Gasteiger partial charge >= 0.3 is 0 Å². The quantitative estimate of drug-likeness (QED) is 0.417. The minimum Gasteiger partial charge on any atom is -0.370 e. The number of rotatable bonds is 3. The molecule has 0 fully saturated rings. The first-order chi connectivity index (χ1) is 13.5. The SMILES string of the molecule is Cc1cc(-c2noc(-c3cnc4ccccc4c3)n2)ccc1C(=O)N=C(N)N. The van der Waals surface area contributed by atoms with Crippen LogP contribution in [0.5, 0.6) is 0 Å². The average molecular weight is 372 g/mol. The second-order valence-corrected chi connectivity index (χ2v) is 6.21. The molecule has 0 saturated carbocycles. The minimum atomic E-state index is -0.500. The molecule has 0 radical (unpaired) electrons. The fraction of sp³-hybridized carbons (Fsp3) is 0.0500. The molecular formula is C20H16N6O2. The Morgan fingerprint density at radius 3 is 2.68 bits per heavy atom. The fourth-order valence-electron chi connectivity index (χ4n) is 2.87. The van der Waals surface area contributed by atoms with Gasteiger partial charge in [-0.2, -0.15) is 9.98 Å². The topological polar surface area (TPSA) is 133 Å². The van der Waals surface area contributed by atoms with Crippen LogP contribution < -0.4 is 11.5 Å². The van der Waals surface area contributed by atoms with E-state index in [1.165, 1.54) is 0 Å². The van der Waals surface area contributed by atoms with E-state index in [1.807, 2.05) is 30.3 Å². The molecule has 0 atom stereocenters. The molecule has 138 valence electrons. The Kier molecular flexibility index (Phi) is 4.29. The van der Waals surface area contributed by atoms with E-state index < -0.39 is 5.91 Å². The second-order valence-electron chi connectivity index (χ2n) is 6.21. The maximum absolute atomic E-state index is 12.0. The third kappa shape index (κ3) is 3.30. The third-order valence-electron chi connectivity index (χ3n) is 4.21. The van der Waals surface area contributed by atoms with E-state index in [4.69, 9.17) is 16.0 Å². The zero-order valence-electron chi connectivity index (χ0n) is 15.0. The number of amides is 1. The molecule has 4 aromatic rings. The number of guanidine groups is 1. The monoisotopic (exact) mass is 372 g/mol. The molecule has 1 amide bonds. The van der Waals surface area contributed by atoms with Crippen LogP contribution in [0.15, 0.2) is 64.2 Å². The highest BCUT2D eigenvalue weighted by atomic mass is 16.5. The van der Waals surface area contributed by atoms with Crippen LogP contribution in [-0.2, 0) is 0 Å². The standard InChI is InChI=1S/C20H16N6O2/c1-11-8-13(6-7-15(11)18(27)25-20(21)22)17-24-19(28-26-17)14-9-12-4-2-3-5-16(12)23-10-14/h2-10H,1H3,(H4,21,22,25,27). The molecule has 8 nitrogen and oxygen atoms in total. The Hall–Kier alpha value is -4.07. The summed E-state index contributed by atoms with van der Waals surface area (Å²) in [5.74, 6) is -0.000896. The highest BCUT2D eigenvalue weighted by Crippen LogP contribution is 2.25. The Balaban J connectivity index is 1.66. The minimum absolute atomic E-state index is 0.278. The summed E-state index contributed by atoms with van der Waals surface area (Å²) in [6.45, 7) is 1.78. The highest BCUT2D eigenvalue weighted by molar-refractivity contribution is 6.03. The first-order valence-corrected chi connectivity index (χ1v) is 8.45. The summed E-state index contributed by atoms with van der Waals surface area (Å²) in [6, 6.07) is 14.9. The average Bonchev–Trinajstić information content (AvgIpc) is 3.17. The number of nitrogens with two attached hydrogens (primary N) is 2. The summed E-state index contributed by atoms with van der Waals surface area (Å²) in [4.78, 5) is 24.4. The Labute approximate surface area is 159 Å². The van der Waals surface area contributed by atoms with Gasteiger partial charge in [-0.1, -0.05) is 29.4 Å². The number of hydrogen-bond donors (Lipinski definition) is 2. The van der Waals surface area contributed by atoms with E-state index in [2.05, 4.69) is 20.1 Å². The maximum Gasteiger partial charge on any atom is 0.280 e. The first-order valence-electron chi connectivity index (χ1n) is 8.45. The molecule has 0 unspecified atom stereocenters. The van der Waals surface area contributed by atoms with Crippen molar-refractivity contribution >= 4 is 22.8 Å². The van der Waals surface area contributed by atoms with Crippen molar-refractivity contribution in [1.29, 1.82) is 0 Å². The molecule has 28 heavy (non-hydrogen) atoms. The smallest absolute Gasteiger partial charge is 0.280 e. The molecule has 0 bridgehead atoms. The number of aryl methyl sites for hydroxylation is 1. The van der Waals surface area contributed by atoms with Crippen LogP contribution in [0.25, 0.3) is 33.7 Å². The molecule has 0 aliphatic rings. The molecular weight excluding hydrogens is 356 g/mol. The number of aliphatic imine (C=N–C) groups is 1. The lowest BCUT2D eigenvalue weighted by atomic mass is 10.0. The fourth-order valence-corrected chi connectivity index (χ4v) is 2.87. The van der Waals surface area contributed by atoms with Crippen molar-refractivity contribution in [1.82, 2.24) is 15.1 Å². The second kappa shape index (κ2) is 6.92. The molecule has 0 aliphatic heterocycles. The summed E-state index contributed by atoms with van der Waals surface area (Å²) in [6.07, 6.45) is 1.70. The van der Waals surface area contributed by atoms with Crippen molar-refractivity contribution in [3.63, 3.8) is 0 Å². The number of pyridine rings is 1. The Morgan fingerprint density at radius 2 is 1.89 bits per heavy atom. The molecule has 8 heteroatoms. The van der Waals surface area contributed by atoms with Crippen molar-refractivity contribution in [3.8, 4) is 22.8 Å². The van der Waals surface area contributed by atoms with Crippen molar-refractivity contribution in [3.05, 3.63) is 65.9 Å². The van der Waals surface area contributed by atoms with E-state index >= 15 is 0 Å². The highest BCUT2D eigenvalue weighted by Gasteiger charge is 2.14. The van der Waals surface area contributed by atoms with E-state index in [9.17, 15) is 4.79 Å². The number of nitrogens with zero attached hydrogens (tertiary/aromatic N) is 4. The third-order valence-corrected chi connectivity index (χ3v) is 4.21. The lowest BCUT2D eigenvalue weighted by molar-refractivity contribution is 0.100. The van der Waals surface area contributed by atoms with Crippen LogP contribution in [0.4, 0.5) is 0 Å². The summed E-state index contributed by atoms with van der Waals surface area (Å²) in [5, 5.41) is 5.02. The molecule has 4 rings (SSSR count). The number of carbonyl (C=O) groups is 1. The van der Waals surface area contributed by atoms with Crippen molar-refractivity contribution in [2.45, 2.75) is 6.92 Å². The summed E-state index contributed by atoms with van der Waals surface area (Å²) < 4.78 is 5.40. The number of benzene rings is 2. The molecule has 2 heterocycles. The van der Waals surface area contributed by atoms with Gasteiger partial charge in [0.05, 0.1) is 11.1 Å². The molecule has 0 aliphatic carbocycles. The summed E-state index contributed by atoms with van der Waals surface area (Å²) >= 11 is 0. The molecule has 2 aromatic carbocycles. The van der Waals surface area contributed by atoms with Gasteiger partial charge in [0.25, 0.3) is 11.8 Å². The molecule has 2 aromatic heterocycles. The van der Waals surface area contributed by atoms with E-state index in [0.717, 1.165) is 16.5 Å². The van der Waals surface area contributed by atoms with Gasteiger partial charge in [0.1, 0.15) is 0 Å². The van der Waals surface area contributed by atoms with Gasteiger partial charge in [0.2, 0.25) is 5.82 Å². The zero-order chi connectivity index (χ0) is 19.7. The van der Waals surface area contributed by atoms with Crippen LogP contribution in [0.2, 0.25) is 0 Å². The van der Waals surface area contributed by atoms with Crippen LogP contribution in [0, 0.1) is 6.92 Å².